The summed E-state index contributed by atoms with van der Waals surface area (Å²) in [4.78, 5) is 16.0. The van der Waals surface area contributed by atoms with E-state index in [1.165, 1.54) is 12.1 Å². The molecule has 1 atom stereocenters. The largest absolute Gasteiger partial charge is 0.433 e. The van der Waals surface area contributed by atoms with Crippen LogP contribution in [0.15, 0.2) is 41.2 Å². The van der Waals surface area contributed by atoms with Crippen LogP contribution in [0, 0.1) is 0 Å². The third-order valence-electron chi connectivity index (χ3n) is 4.97. The Hall–Kier alpha value is -3.17. The highest BCUT2D eigenvalue weighted by Gasteiger charge is 2.33. The van der Waals surface area contributed by atoms with E-state index in [0.29, 0.717) is 11.5 Å². The van der Waals surface area contributed by atoms with Crippen LogP contribution in [-0.2, 0) is 6.18 Å². The Morgan fingerprint density at radius 3 is 2.76 bits per heavy atom. The molecular weight excluding hydrogens is 387 g/mol. The van der Waals surface area contributed by atoms with Gasteiger partial charge in [-0.25, -0.2) is 0 Å². The van der Waals surface area contributed by atoms with Crippen molar-refractivity contribution in [1.82, 2.24) is 25.2 Å². The molecule has 1 saturated carbocycles. The SMILES string of the molecule is CC(NC(=O)c1ccnn1C1CCC1)c1cc(-c2ccnc(C(F)(F)F)c2)no1. The normalized spacial score (nSPS) is 15.7. The van der Waals surface area contributed by atoms with Crippen LogP contribution >= 0.6 is 0 Å². The van der Waals surface area contributed by atoms with Crippen molar-refractivity contribution in [2.24, 2.45) is 0 Å². The fraction of sp³-hybridized carbons (Fsp3) is 0.368. The number of nitrogens with one attached hydrogen (secondary N) is 1. The average molecular weight is 405 g/mol. The van der Waals surface area contributed by atoms with Crippen molar-refractivity contribution in [3.8, 4) is 11.3 Å². The highest BCUT2D eigenvalue weighted by atomic mass is 19.4. The van der Waals surface area contributed by atoms with E-state index in [1.54, 1.807) is 23.9 Å². The minimum absolute atomic E-state index is 0.226. The summed E-state index contributed by atoms with van der Waals surface area (Å²) in [6.07, 6.45) is 1.22. The zero-order valence-electron chi connectivity index (χ0n) is 15.5. The van der Waals surface area contributed by atoms with Gasteiger partial charge >= 0.3 is 6.18 Å². The van der Waals surface area contributed by atoms with Crippen molar-refractivity contribution in [1.29, 1.82) is 0 Å². The molecule has 1 aliphatic rings. The maximum absolute atomic E-state index is 12.9. The van der Waals surface area contributed by atoms with Gasteiger partial charge in [0.05, 0.1) is 12.1 Å². The molecule has 4 rings (SSSR count). The van der Waals surface area contributed by atoms with Gasteiger partial charge in [-0.3, -0.25) is 14.5 Å². The van der Waals surface area contributed by atoms with Gasteiger partial charge in [-0.1, -0.05) is 5.16 Å². The first-order valence-corrected chi connectivity index (χ1v) is 9.17. The topological polar surface area (TPSA) is 85.8 Å². The Bertz CT molecular complexity index is 1020. The Balaban J connectivity index is 1.48. The van der Waals surface area contributed by atoms with Gasteiger partial charge in [-0.05, 0) is 44.4 Å². The van der Waals surface area contributed by atoms with E-state index in [2.05, 4.69) is 20.6 Å². The monoisotopic (exact) mass is 405 g/mol. The number of carbonyl (C=O) groups is 1. The highest BCUT2D eigenvalue weighted by molar-refractivity contribution is 5.92. The Labute approximate surface area is 163 Å². The number of halogens is 3. The molecule has 7 nitrogen and oxygen atoms in total. The van der Waals surface area contributed by atoms with E-state index in [4.69, 9.17) is 4.52 Å². The minimum atomic E-state index is -4.55. The van der Waals surface area contributed by atoms with Gasteiger partial charge in [-0.2, -0.15) is 18.3 Å². The first-order chi connectivity index (χ1) is 13.8. The molecule has 0 radical (unpaired) electrons. The molecule has 0 aromatic carbocycles. The lowest BCUT2D eigenvalue weighted by Crippen LogP contribution is -2.31. The van der Waals surface area contributed by atoms with Crippen molar-refractivity contribution in [3.63, 3.8) is 0 Å². The van der Waals surface area contributed by atoms with Crippen molar-refractivity contribution in [2.45, 2.75) is 44.4 Å². The fourth-order valence-electron chi connectivity index (χ4n) is 3.13. The van der Waals surface area contributed by atoms with Gasteiger partial charge in [0.15, 0.2) is 5.76 Å². The lowest BCUT2D eigenvalue weighted by atomic mass is 9.93. The van der Waals surface area contributed by atoms with Gasteiger partial charge in [0.25, 0.3) is 5.91 Å². The second kappa shape index (κ2) is 7.34. The Morgan fingerprint density at radius 1 is 1.28 bits per heavy atom. The summed E-state index contributed by atoms with van der Waals surface area (Å²) in [5.74, 6) is 0.0246. The molecule has 0 saturated heterocycles. The lowest BCUT2D eigenvalue weighted by molar-refractivity contribution is -0.141. The molecule has 29 heavy (non-hydrogen) atoms. The summed E-state index contributed by atoms with van der Waals surface area (Å²) in [6.45, 7) is 1.71. The maximum Gasteiger partial charge on any atom is 0.433 e. The summed E-state index contributed by atoms with van der Waals surface area (Å²) in [5, 5.41) is 10.9. The molecule has 3 heterocycles. The summed E-state index contributed by atoms with van der Waals surface area (Å²) in [6, 6.07) is 5.19. The van der Waals surface area contributed by atoms with Crippen molar-refractivity contribution in [3.05, 3.63) is 53.8 Å². The lowest BCUT2D eigenvalue weighted by Gasteiger charge is -2.27. The molecule has 3 aromatic rings. The second-order valence-electron chi connectivity index (χ2n) is 6.98. The average Bonchev–Trinajstić information content (AvgIpc) is 3.29. The molecule has 1 fully saturated rings. The summed E-state index contributed by atoms with van der Waals surface area (Å²) in [5.41, 5.74) is -0.0900. The van der Waals surface area contributed by atoms with Crippen LogP contribution in [0.2, 0.25) is 0 Å². The van der Waals surface area contributed by atoms with Gasteiger partial charge < -0.3 is 9.84 Å². The highest BCUT2D eigenvalue weighted by Crippen LogP contribution is 2.32. The quantitative estimate of drug-likeness (QED) is 0.689. The standard InChI is InChI=1S/C19H18F3N5O2/c1-11(25-18(28)15-6-8-24-27(15)13-3-2-4-13)16-10-14(26-29-16)12-5-7-23-17(9-12)19(20,21)22/h5-11,13H,2-4H2,1H3,(H,25,28). The molecule has 3 aromatic heterocycles. The number of amides is 1. The van der Waals surface area contributed by atoms with E-state index < -0.39 is 17.9 Å². The molecule has 10 heteroatoms. The smallest absolute Gasteiger partial charge is 0.359 e. The number of aromatic nitrogens is 4. The van der Waals surface area contributed by atoms with Crippen LogP contribution in [0.5, 0.6) is 0 Å². The van der Waals surface area contributed by atoms with Gasteiger partial charge in [0.1, 0.15) is 17.1 Å². The molecule has 1 aliphatic carbocycles. The number of carbonyl (C=O) groups excluding carboxylic acids is 1. The first-order valence-electron chi connectivity index (χ1n) is 9.17. The van der Waals surface area contributed by atoms with Crippen LogP contribution in [0.4, 0.5) is 13.2 Å². The molecule has 0 spiro atoms. The number of pyridine rings is 1. The number of alkyl halides is 3. The summed E-state index contributed by atoms with van der Waals surface area (Å²) in [7, 11) is 0. The third kappa shape index (κ3) is 3.87. The molecule has 1 N–H and O–H groups in total. The van der Waals surface area contributed by atoms with E-state index in [0.717, 1.165) is 31.5 Å². The van der Waals surface area contributed by atoms with Gasteiger partial charge in [-0.15, -0.1) is 0 Å². The van der Waals surface area contributed by atoms with E-state index in [1.807, 2.05) is 0 Å². The predicted octanol–water partition coefficient (Wildman–Crippen LogP) is 4.17. The van der Waals surface area contributed by atoms with Crippen LogP contribution in [0.25, 0.3) is 11.3 Å². The number of rotatable bonds is 5. The van der Waals surface area contributed by atoms with Crippen molar-refractivity contribution >= 4 is 5.91 Å². The van der Waals surface area contributed by atoms with Crippen molar-refractivity contribution < 1.29 is 22.5 Å². The minimum Gasteiger partial charge on any atom is -0.359 e. The molecular formula is C19H18F3N5O2. The van der Waals surface area contributed by atoms with Crippen LogP contribution in [0.3, 0.4) is 0 Å². The molecule has 152 valence electrons. The van der Waals surface area contributed by atoms with Crippen LogP contribution in [0.1, 0.15) is 60.2 Å². The molecule has 0 bridgehead atoms. The first kappa shape index (κ1) is 19.2. The molecule has 1 amide bonds. The number of hydrogen-bond donors (Lipinski definition) is 1. The van der Waals surface area contributed by atoms with E-state index in [-0.39, 0.29) is 23.2 Å². The number of hydrogen-bond acceptors (Lipinski definition) is 5. The third-order valence-corrected chi connectivity index (χ3v) is 4.97. The zero-order valence-corrected chi connectivity index (χ0v) is 15.5. The van der Waals surface area contributed by atoms with Gasteiger partial charge in [0.2, 0.25) is 0 Å². The summed E-state index contributed by atoms with van der Waals surface area (Å²) < 4.78 is 45.5. The molecule has 1 unspecified atom stereocenters. The zero-order chi connectivity index (χ0) is 20.6. The van der Waals surface area contributed by atoms with Gasteiger partial charge in [0, 0.05) is 24.0 Å². The van der Waals surface area contributed by atoms with E-state index >= 15 is 0 Å². The van der Waals surface area contributed by atoms with Crippen LogP contribution < -0.4 is 5.32 Å². The predicted molar refractivity (Wildman–Crippen MR) is 95.7 cm³/mol. The summed E-state index contributed by atoms with van der Waals surface area (Å²) >= 11 is 0. The number of nitrogens with zero attached hydrogens (tertiary/aromatic N) is 4. The Kier molecular flexibility index (Phi) is 4.85. The van der Waals surface area contributed by atoms with Crippen LogP contribution in [-0.4, -0.2) is 25.8 Å². The maximum atomic E-state index is 12.9. The van der Waals surface area contributed by atoms with Crippen molar-refractivity contribution in [2.75, 3.05) is 0 Å². The Morgan fingerprint density at radius 2 is 2.07 bits per heavy atom. The fourth-order valence-corrected chi connectivity index (χ4v) is 3.13. The molecule has 0 aliphatic heterocycles. The van der Waals surface area contributed by atoms with E-state index in [9.17, 15) is 18.0 Å². The second-order valence-corrected chi connectivity index (χ2v) is 6.98.